The molecule has 1 aromatic carbocycles. The Bertz CT molecular complexity index is 571. The summed E-state index contributed by atoms with van der Waals surface area (Å²) < 4.78 is 0. The van der Waals surface area contributed by atoms with E-state index in [9.17, 15) is 9.59 Å². The van der Waals surface area contributed by atoms with Crippen molar-refractivity contribution in [2.45, 2.75) is 12.8 Å². The van der Waals surface area contributed by atoms with Gasteiger partial charge in [-0.25, -0.2) is 4.90 Å². The van der Waals surface area contributed by atoms with Gasteiger partial charge in [0, 0.05) is 0 Å². The minimum absolute atomic E-state index is 0.141. The zero-order valence-corrected chi connectivity index (χ0v) is 11.5. The summed E-state index contributed by atoms with van der Waals surface area (Å²) >= 11 is 11.8. The van der Waals surface area contributed by atoms with Gasteiger partial charge in [-0.2, -0.15) is 0 Å². The summed E-state index contributed by atoms with van der Waals surface area (Å²) in [5.74, 6) is -0.741. The molecular formula is C14H11Cl2NO2. The Labute approximate surface area is 120 Å². The fourth-order valence-corrected chi connectivity index (χ4v) is 2.97. The van der Waals surface area contributed by atoms with Gasteiger partial charge in [0.1, 0.15) is 0 Å². The van der Waals surface area contributed by atoms with E-state index >= 15 is 0 Å². The average Bonchev–Trinajstić information content (AvgIpc) is 2.66. The minimum atomic E-state index is -0.230. The molecule has 1 saturated heterocycles. The van der Waals surface area contributed by atoms with Crippen LogP contribution in [-0.2, 0) is 9.59 Å². The van der Waals surface area contributed by atoms with E-state index in [1.54, 1.807) is 18.2 Å². The van der Waals surface area contributed by atoms with Crippen LogP contribution in [0.2, 0.25) is 10.0 Å². The summed E-state index contributed by atoms with van der Waals surface area (Å²) in [7, 11) is 0. The molecule has 2 atom stereocenters. The molecule has 0 saturated carbocycles. The number of rotatable bonds is 1. The zero-order chi connectivity index (χ0) is 13.6. The molecule has 0 spiro atoms. The average molecular weight is 296 g/mol. The van der Waals surface area contributed by atoms with E-state index < -0.39 is 0 Å². The number of carbonyl (C=O) groups is 2. The highest BCUT2D eigenvalue weighted by Crippen LogP contribution is 2.38. The first kappa shape index (κ1) is 12.7. The van der Waals surface area contributed by atoms with Crippen LogP contribution in [0, 0.1) is 11.8 Å². The van der Waals surface area contributed by atoms with Crippen molar-refractivity contribution >= 4 is 40.7 Å². The van der Waals surface area contributed by atoms with Gasteiger partial charge in [-0.3, -0.25) is 9.59 Å². The monoisotopic (exact) mass is 295 g/mol. The van der Waals surface area contributed by atoms with Gasteiger partial charge in [-0.05, 0) is 31.0 Å². The number of imide groups is 1. The van der Waals surface area contributed by atoms with Crippen LogP contribution in [-0.4, -0.2) is 11.8 Å². The van der Waals surface area contributed by atoms with Crippen molar-refractivity contribution in [1.82, 2.24) is 0 Å². The summed E-state index contributed by atoms with van der Waals surface area (Å²) in [6.45, 7) is 0. The Hall–Kier alpha value is -1.32. The molecule has 0 radical (unpaired) electrons. The number of nitrogens with zero attached hydrogens (tertiary/aromatic N) is 1. The van der Waals surface area contributed by atoms with Crippen molar-refractivity contribution in [3.63, 3.8) is 0 Å². The SMILES string of the molecule is O=C1[C@H]2CC=CC[C@H]2C(=O)N1c1ccc(Cl)c(Cl)c1. The lowest BCUT2D eigenvalue weighted by atomic mass is 9.85. The summed E-state index contributed by atoms with van der Waals surface area (Å²) in [6.07, 6.45) is 5.19. The van der Waals surface area contributed by atoms with Crippen molar-refractivity contribution < 1.29 is 9.59 Å². The number of hydrogen-bond donors (Lipinski definition) is 0. The Kier molecular flexibility index (Phi) is 3.11. The second kappa shape index (κ2) is 4.66. The maximum atomic E-state index is 12.3. The first-order chi connectivity index (χ1) is 9.09. The Morgan fingerprint density at radius 1 is 0.947 bits per heavy atom. The lowest BCUT2D eigenvalue weighted by Crippen LogP contribution is -2.30. The molecule has 1 aliphatic heterocycles. The highest BCUT2D eigenvalue weighted by atomic mass is 35.5. The predicted octanol–water partition coefficient (Wildman–Crippen LogP) is 3.45. The standard InChI is InChI=1S/C14H11Cl2NO2/c15-11-6-5-8(7-12(11)16)17-13(18)9-3-1-2-4-10(9)14(17)19/h1-2,5-7,9-10H,3-4H2/t9-,10+. The Morgan fingerprint density at radius 3 is 2.05 bits per heavy atom. The maximum Gasteiger partial charge on any atom is 0.238 e. The number of halogens is 2. The highest BCUT2D eigenvalue weighted by Gasteiger charge is 2.47. The molecule has 98 valence electrons. The molecule has 3 rings (SSSR count). The van der Waals surface area contributed by atoms with E-state index in [2.05, 4.69) is 0 Å². The second-order valence-electron chi connectivity index (χ2n) is 4.77. The molecule has 1 heterocycles. The van der Waals surface area contributed by atoms with E-state index in [1.165, 1.54) is 4.90 Å². The first-order valence-electron chi connectivity index (χ1n) is 6.07. The molecule has 1 fully saturated rings. The van der Waals surface area contributed by atoms with Crippen molar-refractivity contribution in [3.8, 4) is 0 Å². The van der Waals surface area contributed by atoms with E-state index in [0.717, 1.165) is 0 Å². The van der Waals surface area contributed by atoms with E-state index in [1.807, 2.05) is 12.2 Å². The third kappa shape index (κ3) is 1.97. The number of hydrogen-bond acceptors (Lipinski definition) is 2. The summed E-state index contributed by atoms with van der Waals surface area (Å²) in [5.41, 5.74) is 0.499. The molecule has 1 aliphatic carbocycles. The van der Waals surface area contributed by atoms with E-state index in [0.29, 0.717) is 28.6 Å². The van der Waals surface area contributed by atoms with Gasteiger partial charge in [0.2, 0.25) is 11.8 Å². The van der Waals surface area contributed by atoms with Crippen molar-refractivity contribution in [3.05, 3.63) is 40.4 Å². The third-order valence-electron chi connectivity index (χ3n) is 3.67. The molecule has 2 amide bonds. The number of benzene rings is 1. The Balaban J connectivity index is 1.99. The predicted molar refractivity (Wildman–Crippen MR) is 74.3 cm³/mol. The molecule has 0 unspecified atom stereocenters. The van der Waals surface area contributed by atoms with Gasteiger partial charge in [-0.15, -0.1) is 0 Å². The zero-order valence-electron chi connectivity index (χ0n) is 9.98. The second-order valence-corrected chi connectivity index (χ2v) is 5.58. The fraction of sp³-hybridized carbons (Fsp3) is 0.286. The summed E-state index contributed by atoms with van der Waals surface area (Å²) in [4.78, 5) is 25.9. The number of allylic oxidation sites excluding steroid dienone is 2. The molecule has 0 bridgehead atoms. The summed E-state index contributed by atoms with van der Waals surface area (Å²) in [5, 5.41) is 0.747. The van der Waals surface area contributed by atoms with Crippen LogP contribution in [0.15, 0.2) is 30.4 Å². The lowest BCUT2D eigenvalue weighted by molar-refractivity contribution is -0.122. The quantitative estimate of drug-likeness (QED) is 0.588. The van der Waals surface area contributed by atoms with Crippen LogP contribution in [0.3, 0.4) is 0 Å². The van der Waals surface area contributed by atoms with Gasteiger partial charge in [0.05, 0.1) is 27.6 Å². The molecule has 2 aliphatic rings. The van der Waals surface area contributed by atoms with Crippen LogP contribution >= 0.6 is 23.2 Å². The van der Waals surface area contributed by atoms with Gasteiger partial charge in [0.15, 0.2) is 0 Å². The van der Waals surface area contributed by atoms with E-state index in [4.69, 9.17) is 23.2 Å². The van der Waals surface area contributed by atoms with Crippen LogP contribution in [0.4, 0.5) is 5.69 Å². The van der Waals surface area contributed by atoms with Gasteiger partial charge in [0.25, 0.3) is 0 Å². The van der Waals surface area contributed by atoms with Crippen molar-refractivity contribution in [1.29, 1.82) is 0 Å². The van der Waals surface area contributed by atoms with Crippen LogP contribution < -0.4 is 4.90 Å². The topological polar surface area (TPSA) is 37.4 Å². The largest absolute Gasteiger partial charge is 0.274 e. The lowest BCUT2D eigenvalue weighted by Gasteiger charge is -2.15. The molecule has 19 heavy (non-hydrogen) atoms. The third-order valence-corrected chi connectivity index (χ3v) is 4.41. The molecule has 0 aromatic heterocycles. The minimum Gasteiger partial charge on any atom is -0.274 e. The van der Waals surface area contributed by atoms with Crippen LogP contribution in [0.5, 0.6) is 0 Å². The van der Waals surface area contributed by atoms with E-state index in [-0.39, 0.29) is 23.7 Å². The molecule has 3 nitrogen and oxygen atoms in total. The Morgan fingerprint density at radius 2 is 1.53 bits per heavy atom. The molecule has 5 heteroatoms. The maximum absolute atomic E-state index is 12.3. The van der Waals surface area contributed by atoms with Crippen LogP contribution in [0.25, 0.3) is 0 Å². The van der Waals surface area contributed by atoms with Gasteiger partial charge < -0.3 is 0 Å². The number of fused-ring (bicyclic) bond motifs is 1. The van der Waals surface area contributed by atoms with Crippen molar-refractivity contribution in [2.75, 3.05) is 4.90 Å². The molecule has 1 aromatic rings. The normalized spacial score (nSPS) is 25.9. The number of carbonyl (C=O) groups excluding carboxylic acids is 2. The van der Waals surface area contributed by atoms with Gasteiger partial charge >= 0.3 is 0 Å². The number of amides is 2. The van der Waals surface area contributed by atoms with Gasteiger partial charge in [-0.1, -0.05) is 35.4 Å². The molecule has 0 N–H and O–H groups in total. The fourth-order valence-electron chi connectivity index (χ4n) is 2.68. The number of anilines is 1. The summed E-state index contributed by atoms with van der Waals surface area (Å²) in [6, 6.07) is 4.80. The highest BCUT2D eigenvalue weighted by molar-refractivity contribution is 6.42. The van der Waals surface area contributed by atoms with Crippen LogP contribution in [0.1, 0.15) is 12.8 Å². The van der Waals surface area contributed by atoms with Crippen molar-refractivity contribution in [2.24, 2.45) is 11.8 Å². The smallest absolute Gasteiger partial charge is 0.238 e. The first-order valence-corrected chi connectivity index (χ1v) is 6.83. The molecular weight excluding hydrogens is 285 g/mol.